The average Bonchev–Trinajstić information content (AvgIpc) is 2.08. The molecule has 0 aromatic carbocycles. The van der Waals surface area contributed by atoms with E-state index >= 15 is 0 Å². The number of oxime groups is 1. The molecule has 0 spiro atoms. The largest absolute Gasteiger partial charge is 0.399 e. The summed E-state index contributed by atoms with van der Waals surface area (Å²) >= 11 is 0. The van der Waals surface area contributed by atoms with Crippen molar-refractivity contribution in [1.82, 2.24) is 0 Å². The van der Waals surface area contributed by atoms with Crippen molar-refractivity contribution in [2.45, 2.75) is 40.0 Å². The van der Waals surface area contributed by atoms with Gasteiger partial charge in [0, 0.05) is 0 Å². The third kappa shape index (κ3) is 2.71. The fourth-order valence-electron chi connectivity index (χ4n) is 2.02. The normalized spacial score (nSPS) is 32.5. The summed E-state index contributed by atoms with van der Waals surface area (Å²) in [6, 6.07) is 0. The monoisotopic (exact) mass is 183 g/mol. The van der Waals surface area contributed by atoms with Crippen molar-refractivity contribution in [2.75, 3.05) is 7.11 Å². The summed E-state index contributed by atoms with van der Waals surface area (Å²) in [5.41, 5.74) is 1.26. The van der Waals surface area contributed by atoms with Crippen LogP contribution in [0.25, 0.3) is 0 Å². The zero-order chi connectivity index (χ0) is 9.84. The van der Waals surface area contributed by atoms with Crippen molar-refractivity contribution >= 4 is 5.71 Å². The SMILES string of the molecule is CO/N=C1/C[C@H](C(C)C)CC[C@H]1C. The van der Waals surface area contributed by atoms with E-state index in [0.29, 0.717) is 5.92 Å². The molecule has 13 heavy (non-hydrogen) atoms. The molecule has 0 bridgehead atoms. The molecule has 0 radical (unpaired) electrons. The molecule has 0 amide bonds. The lowest BCUT2D eigenvalue weighted by Crippen LogP contribution is -2.26. The first-order valence-electron chi connectivity index (χ1n) is 5.25. The summed E-state index contributed by atoms with van der Waals surface area (Å²) in [4.78, 5) is 4.87. The molecular weight excluding hydrogens is 162 g/mol. The van der Waals surface area contributed by atoms with Gasteiger partial charge in [0.2, 0.25) is 0 Å². The van der Waals surface area contributed by atoms with Gasteiger partial charge in [-0.25, -0.2) is 0 Å². The second-order valence-corrected chi connectivity index (χ2v) is 4.45. The van der Waals surface area contributed by atoms with Crippen molar-refractivity contribution in [3.63, 3.8) is 0 Å². The Morgan fingerprint density at radius 1 is 1.38 bits per heavy atom. The van der Waals surface area contributed by atoms with Gasteiger partial charge < -0.3 is 4.84 Å². The van der Waals surface area contributed by atoms with Gasteiger partial charge in [-0.3, -0.25) is 0 Å². The van der Waals surface area contributed by atoms with E-state index < -0.39 is 0 Å². The molecule has 0 heterocycles. The molecule has 0 aromatic heterocycles. The molecule has 2 atom stereocenters. The van der Waals surface area contributed by atoms with E-state index in [0.717, 1.165) is 18.3 Å². The Bertz CT molecular complexity index is 187. The van der Waals surface area contributed by atoms with Gasteiger partial charge in [-0.05, 0) is 37.0 Å². The molecule has 1 rings (SSSR count). The van der Waals surface area contributed by atoms with Crippen molar-refractivity contribution < 1.29 is 4.84 Å². The van der Waals surface area contributed by atoms with E-state index in [-0.39, 0.29) is 0 Å². The van der Waals surface area contributed by atoms with Crippen molar-refractivity contribution in [2.24, 2.45) is 22.9 Å². The summed E-state index contributed by atoms with van der Waals surface area (Å²) in [5, 5.41) is 4.11. The van der Waals surface area contributed by atoms with E-state index in [9.17, 15) is 0 Å². The summed E-state index contributed by atoms with van der Waals surface area (Å²) in [5.74, 6) is 2.20. The average molecular weight is 183 g/mol. The lowest BCUT2D eigenvalue weighted by Gasteiger charge is -2.29. The molecule has 1 saturated carbocycles. The van der Waals surface area contributed by atoms with Crippen LogP contribution in [-0.4, -0.2) is 12.8 Å². The molecule has 1 aliphatic rings. The molecular formula is C11H21NO. The zero-order valence-corrected chi connectivity index (χ0v) is 9.21. The van der Waals surface area contributed by atoms with Gasteiger partial charge in [0.15, 0.2) is 0 Å². The maximum Gasteiger partial charge on any atom is 0.106 e. The fourth-order valence-corrected chi connectivity index (χ4v) is 2.02. The van der Waals surface area contributed by atoms with Crippen molar-refractivity contribution in [3.8, 4) is 0 Å². The first kappa shape index (κ1) is 10.6. The fraction of sp³-hybridized carbons (Fsp3) is 0.909. The first-order valence-corrected chi connectivity index (χ1v) is 5.25. The number of hydrogen-bond donors (Lipinski definition) is 0. The highest BCUT2D eigenvalue weighted by atomic mass is 16.6. The van der Waals surface area contributed by atoms with E-state index in [1.807, 2.05) is 0 Å². The van der Waals surface area contributed by atoms with Crippen LogP contribution in [0.15, 0.2) is 5.16 Å². The Kier molecular flexibility index (Phi) is 3.76. The van der Waals surface area contributed by atoms with Gasteiger partial charge >= 0.3 is 0 Å². The van der Waals surface area contributed by atoms with Gasteiger partial charge in [0.25, 0.3) is 0 Å². The van der Waals surface area contributed by atoms with E-state index in [1.54, 1.807) is 7.11 Å². The summed E-state index contributed by atoms with van der Waals surface area (Å²) < 4.78 is 0. The third-order valence-electron chi connectivity index (χ3n) is 3.16. The van der Waals surface area contributed by atoms with Crippen LogP contribution >= 0.6 is 0 Å². The molecule has 2 nitrogen and oxygen atoms in total. The number of nitrogens with zero attached hydrogens (tertiary/aromatic N) is 1. The van der Waals surface area contributed by atoms with Crippen LogP contribution in [0.1, 0.15) is 40.0 Å². The van der Waals surface area contributed by atoms with Gasteiger partial charge in [0.05, 0.1) is 5.71 Å². The minimum atomic E-state index is 0.620. The van der Waals surface area contributed by atoms with Crippen molar-refractivity contribution in [1.29, 1.82) is 0 Å². The van der Waals surface area contributed by atoms with Crippen LogP contribution in [0.4, 0.5) is 0 Å². The Hall–Kier alpha value is -0.530. The van der Waals surface area contributed by atoms with Crippen LogP contribution in [0, 0.1) is 17.8 Å². The molecule has 0 aliphatic heterocycles. The Balaban J connectivity index is 2.58. The standard InChI is InChI=1S/C11H21NO/c1-8(2)10-6-5-9(3)11(7-10)12-13-4/h8-10H,5-7H2,1-4H3/b12-11-/t9-,10-/m1/s1. The predicted octanol–water partition coefficient (Wildman–Crippen LogP) is 3.08. The second kappa shape index (κ2) is 4.64. The summed E-state index contributed by atoms with van der Waals surface area (Å²) in [7, 11) is 1.64. The lowest BCUT2D eigenvalue weighted by atomic mass is 9.76. The highest BCUT2D eigenvalue weighted by Gasteiger charge is 2.26. The Labute approximate surface area is 81.3 Å². The molecule has 2 heteroatoms. The summed E-state index contributed by atoms with van der Waals surface area (Å²) in [6.07, 6.45) is 3.75. The molecule has 0 N–H and O–H groups in total. The Morgan fingerprint density at radius 2 is 2.08 bits per heavy atom. The van der Waals surface area contributed by atoms with Crippen LogP contribution < -0.4 is 0 Å². The minimum Gasteiger partial charge on any atom is -0.399 e. The molecule has 1 fully saturated rings. The summed E-state index contributed by atoms with van der Waals surface area (Å²) in [6.45, 7) is 6.84. The first-order chi connectivity index (χ1) is 6.15. The van der Waals surface area contributed by atoms with E-state index in [1.165, 1.54) is 18.6 Å². The lowest BCUT2D eigenvalue weighted by molar-refractivity contribution is 0.204. The highest BCUT2D eigenvalue weighted by Crippen LogP contribution is 2.31. The molecule has 0 unspecified atom stereocenters. The molecule has 0 aromatic rings. The van der Waals surface area contributed by atoms with Gasteiger partial charge in [-0.2, -0.15) is 0 Å². The van der Waals surface area contributed by atoms with Crippen LogP contribution in [0.2, 0.25) is 0 Å². The smallest absolute Gasteiger partial charge is 0.106 e. The topological polar surface area (TPSA) is 21.6 Å². The highest BCUT2D eigenvalue weighted by molar-refractivity contribution is 5.86. The predicted molar refractivity (Wildman–Crippen MR) is 55.8 cm³/mol. The number of rotatable bonds is 2. The Morgan fingerprint density at radius 3 is 2.62 bits per heavy atom. The third-order valence-corrected chi connectivity index (χ3v) is 3.16. The maximum atomic E-state index is 4.87. The molecule has 1 aliphatic carbocycles. The molecule has 76 valence electrons. The van der Waals surface area contributed by atoms with E-state index in [4.69, 9.17) is 4.84 Å². The second-order valence-electron chi connectivity index (χ2n) is 4.45. The van der Waals surface area contributed by atoms with Gasteiger partial charge in [0.1, 0.15) is 7.11 Å². The van der Waals surface area contributed by atoms with Crippen molar-refractivity contribution in [3.05, 3.63) is 0 Å². The van der Waals surface area contributed by atoms with E-state index in [2.05, 4.69) is 25.9 Å². The van der Waals surface area contributed by atoms with Crippen LogP contribution in [-0.2, 0) is 4.84 Å². The molecule has 0 saturated heterocycles. The minimum absolute atomic E-state index is 0.620. The zero-order valence-electron chi connectivity index (χ0n) is 9.21. The number of hydrogen-bond acceptors (Lipinski definition) is 2. The van der Waals surface area contributed by atoms with Gasteiger partial charge in [-0.15, -0.1) is 0 Å². The van der Waals surface area contributed by atoms with Crippen LogP contribution in [0.3, 0.4) is 0 Å². The maximum absolute atomic E-state index is 4.87. The van der Waals surface area contributed by atoms with Gasteiger partial charge in [-0.1, -0.05) is 25.9 Å². The van der Waals surface area contributed by atoms with Crippen LogP contribution in [0.5, 0.6) is 0 Å². The quantitative estimate of drug-likeness (QED) is 0.603.